The summed E-state index contributed by atoms with van der Waals surface area (Å²) in [6.45, 7) is 5.00. The fourth-order valence-corrected chi connectivity index (χ4v) is 3.47. The second-order valence-corrected chi connectivity index (χ2v) is 6.80. The molecule has 0 bridgehead atoms. The monoisotopic (exact) mass is 339 g/mol. The molecule has 3 rings (SSSR count). The van der Waals surface area contributed by atoms with Gasteiger partial charge >= 0.3 is 0 Å². The fraction of sp³-hybridized carbons (Fsp3) is 0.450. The van der Waals surface area contributed by atoms with Gasteiger partial charge in [0, 0.05) is 19.3 Å². The van der Waals surface area contributed by atoms with Gasteiger partial charge in [-0.25, -0.2) is 9.97 Å². The zero-order chi connectivity index (χ0) is 17.8. The van der Waals surface area contributed by atoms with Gasteiger partial charge in [0.1, 0.15) is 5.82 Å². The molecule has 0 aliphatic carbocycles. The Morgan fingerprint density at radius 2 is 1.92 bits per heavy atom. The van der Waals surface area contributed by atoms with Crippen LogP contribution in [0.25, 0.3) is 0 Å². The Balaban J connectivity index is 1.57. The Hall–Kier alpha value is -2.27. The second kappa shape index (κ2) is 7.74. The van der Waals surface area contributed by atoms with Gasteiger partial charge in [-0.2, -0.15) is 0 Å². The number of likely N-dealkylation sites (tertiary alicyclic amines) is 1. The van der Waals surface area contributed by atoms with E-state index in [2.05, 4.69) is 9.97 Å². The summed E-state index contributed by atoms with van der Waals surface area (Å²) >= 11 is 0. The topological polar surface area (TPSA) is 66.3 Å². The highest BCUT2D eigenvalue weighted by Gasteiger charge is 2.28. The smallest absolute Gasteiger partial charge is 0.257 e. The zero-order valence-electron chi connectivity index (χ0n) is 14.9. The number of piperidine rings is 1. The predicted molar refractivity (Wildman–Crippen MR) is 96.3 cm³/mol. The number of hydrogen-bond acceptors (Lipinski definition) is 4. The number of aliphatic hydroxyl groups is 1. The van der Waals surface area contributed by atoms with Gasteiger partial charge in [0.25, 0.3) is 5.91 Å². The molecule has 1 saturated heterocycles. The number of carbonyl (C=O) groups is 1. The third kappa shape index (κ3) is 4.23. The number of aliphatic hydroxyl groups excluding tert-OH is 1. The molecule has 5 heteroatoms. The van der Waals surface area contributed by atoms with E-state index in [4.69, 9.17) is 0 Å². The average Bonchev–Trinajstić information content (AvgIpc) is 2.62. The minimum absolute atomic E-state index is 0.00602. The van der Waals surface area contributed by atoms with Crippen molar-refractivity contribution in [1.29, 1.82) is 0 Å². The molecule has 1 aliphatic heterocycles. The van der Waals surface area contributed by atoms with Crippen LogP contribution in [0.5, 0.6) is 0 Å². The number of aryl methyl sites for hydroxylation is 2. The van der Waals surface area contributed by atoms with E-state index >= 15 is 0 Å². The van der Waals surface area contributed by atoms with Crippen LogP contribution >= 0.6 is 0 Å². The number of carbonyl (C=O) groups excluding carboxylic acids is 1. The molecule has 1 fully saturated rings. The molecule has 25 heavy (non-hydrogen) atoms. The van der Waals surface area contributed by atoms with Crippen LogP contribution in [0.15, 0.2) is 36.5 Å². The number of hydrogen-bond donors (Lipinski definition) is 1. The van der Waals surface area contributed by atoms with Crippen LogP contribution in [0.3, 0.4) is 0 Å². The molecule has 0 saturated carbocycles. The highest BCUT2D eigenvalue weighted by molar-refractivity contribution is 5.95. The molecule has 2 heterocycles. The Labute approximate surface area is 148 Å². The average molecular weight is 339 g/mol. The zero-order valence-corrected chi connectivity index (χ0v) is 14.9. The van der Waals surface area contributed by atoms with Crippen LogP contribution in [0.1, 0.15) is 40.3 Å². The van der Waals surface area contributed by atoms with Crippen LogP contribution in [-0.4, -0.2) is 45.1 Å². The number of nitrogens with zero attached hydrogens (tertiary/aromatic N) is 3. The van der Waals surface area contributed by atoms with E-state index in [1.807, 2.05) is 49.1 Å². The van der Waals surface area contributed by atoms with Gasteiger partial charge < -0.3 is 10.0 Å². The Bertz CT molecular complexity index is 725. The first-order valence-corrected chi connectivity index (χ1v) is 8.86. The van der Waals surface area contributed by atoms with Gasteiger partial charge in [0.05, 0.1) is 17.4 Å². The third-order valence-corrected chi connectivity index (χ3v) is 4.99. The maximum atomic E-state index is 12.7. The van der Waals surface area contributed by atoms with E-state index in [9.17, 15) is 9.90 Å². The number of amides is 1. The lowest BCUT2D eigenvalue weighted by molar-refractivity contribution is 0.0466. The highest BCUT2D eigenvalue weighted by atomic mass is 16.3. The minimum atomic E-state index is -0.357. The summed E-state index contributed by atoms with van der Waals surface area (Å²) in [6, 6.07) is 10.1. The van der Waals surface area contributed by atoms with E-state index in [0.29, 0.717) is 30.9 Å². The van der Waals surface area contributed by atoms with E-state index in [-0.39, 0.29) is 17.9 Å². The summed E-state index contributed by atoms with van der Waals surface area (Å²) in [6.07, 6.45) is 3.58. The number of aromatic nitrogens is 2. The van der Waals surface area contributed by atoms with Gasteiger partial charge in [0.2, 0.25) is 0 Å². The van der Waals surface area contributed by atoms with Crippen molar-refractivity contribution in [2.24, 2.45) is 5.92 Å². The first-order chi connectivity index (χ1) is 12.0. The lowest BCUT2D eigenvalue weighted by Gasteiger charge is -2.34. The number of benzene rings is 1. The maximum absolute atomic E-state index is 12.7. The van der Waals surface area contributed by atoms with E-state index in [1.165, 1.54) is 0 Å². The summed E-state index contributed by atoms with van der Waals surface area (Å²) in [5.74, 6) is 0.907. The first kappa shape index (κ1) is 17.5. The predicted octanol–water partition coefficient (Wildman–Crippen LogP) is 2.55. The SMILES string of the molecule is Cc1ncc(C(=O)N2CCC(C(O)Cc3ccccc3)CC2)c(C)n1. The van der Waals surface area contributed by atoms with Crippen LogP contribution < -0.4 is 0 Å². The van der Waals surface area contributed by atoms with Crippen LogP contribution in [0.4, 0.5) is 0 Å². The van der Waals surface area contributed by atoms with Gasteiger partial charge in [-0.05, 0) is 44.6 Å². The molecule has 0 radical (unpaired) electrons. The van der Waals surface area contributed by atoms with Gasteiger partial charge in [0.15, 0.2) is 0 Å². The van der Waals surface area contributed by atoms with Crippen LogP contribution in [0.2, 0.25) is 0 Å². The van der Waals surface area contributed by atoms with Gasteiger partial charge in [-0.15, -0.1) is 0 Å². The Morgan fingerprint density at radius 3 is 2.56 bits per heavy atom. The van der Waals surface area contributed by atoms with Crippen molar-refractivity contribution >= 4 is 5.91 Å². The van der Waals surface area contributed by atoms with Crippen molar-refractivity contribution in [3.8, 4) is 0 Å². The Kier molecular flexibility index (Phi) is 5.43. The molecule has 1 aromatic heterocycles. The quantitative estimate of drug-likeness (QED) is 0.930. The molecular formula is C20H25N3O2. The lowest BCUT2D eigenvalue weighted by Crippen LogP contribution is -2.42. The molecular weight excluding hydrogens is 314 g/mol. The standard InChI is InChI=1S/C20H25N3O2/c1-14-18(13-21-15(2)22-14)20(25)23-10-8-17(9-11-23)19(24)12-16-6-4-3-5-7-16/h3-7,13,17,19,24H,8-12H2,1-2H3. The van der Waals surface area contributed by atoms with Crippen LogP contribution in [0, 0.1) is 19.8 Å². The highest BCUT2D eigenvalue weighted by Crippen LogP contribution is 2.24. The molecule has 1 aliphatic rings. The van der Waals surface area contributed by atoms with Crippen molar-refractivity contribution in [1.82, 2.24) is 14.9 Å². The van der Waals surface area contributed by atoms with Crippen molar-refractivity contribution in [2.45, 2.75) is 39.2 Å². The summed E-state index contributed by atoms with van der Waals surface area (Å²) in [5, 5.41) is 10.5. The first-order valence-electron chi connectivity index (χ1n) is 8.86. The number of rotatable bonds is 4. The minimum Gasteiger partial charge on any atom is -0.392 e. The van der Waals surface area contributed by atoms with Gasteiger partial charge in [-0.1, -0.05) is 30.3 Å². The molecule has 1 atom stereocenters. The molecule has 0 spiro atoms. The van der Waals surface area contributed by atoms with Crippen LogP contribution in [-0.2, 0) is 6.42 Å². The molecule has 1 aromatic carbocycles. The van der Waals surface area contributed by atoms with Gasteiger partial charge in [-0.3, -0.25) is 4.79 Å². The van der Waals surface area contributed by atoms with E-state index in [1.54, 1.807) is 6.20 Å². The Morgan fingerprint density at radius 1 is 1.24 bits per heavy atom. The molecule has 1 unspecified atom stereocenters. The molecule has 2 aromatic rings. The van der Waals surface area contributed by atoms with Crippen molar-refractivity contribution in [2.75, 3.05) is 13.1 Å². The maximum Gasteiger partial charge on any atom is 0.257 e. The molecule has 5 nitrogen and oxygen atoms in total. The van der Waals surface area contributed by atoms with Crippen molar-refractivity contribution < 1.29 is 9.90 Å². The summed E-state index contributed by atoms with van der Waals surface area (Å²) < 4.78 is 0. The molecule has 132 valence electrons. The lowest BCUT2D eigenvalue weighted by atomic mass is 9.87. The molecule has 1 N–H and O–H groups in total. The molecule has 1 amide bonds. The van der Waals surface area contributed by atoms with Crippen molar-refractivity contribution in [3.63, 3.8) is 0 Å². The third-order valence-electron chi connectivity index (χ3n) is 4.99. The summed E-state index contributed by atoms with van der Waals surface area (Å²) in [4.78, 5) is 23.0. The van der Waals surface area contributed by atoms with E-state index in [0.717, 1.165) is 24.1 Å². The second-order valence-electron chi connectivity index (χ2n) is 6.80. The fourth-order valence-electron chi connectivity index (χ4n) is 3.47. The largest absolute Gasteiger partial charge is 0.392 e. The van der Waals surface area contributed by atoms with Crippen molar-refractivity contribution in [3.05, 3.63) is 59.2 Å². The summed E-state index contributed by atoms with van der Waals surface area (Å²) in [5.41, 5.74) is 2.46. The summed E-state index contributed by atoms with van der Waals surface area (Å²) in [7, 11) is 0. The van der Waals surface area contributed by atoms with E-state index < -0.39 is 0 Å². The normalized spacial score (nSPS) is 16.7.